The maximum atomic E-state index is 13.3. The van der Waals surface area contributed by atoms with Gasteiger partial charge in [0.2, 0.25) is 5.75 Å². The number of amides is 3. The second-order valence-corrected chi connectivity index (χ2v) is 9.89. The Hall–Kier alpha value is -3.54. The number of aromatic nitrogens is 1. The highest BCUT2D eigenvalue weighted by molar-refractivity contribution is 7.09. The Bertz CT molecular complexity index is 1150. The summed E-state index contributed by atoms with van der Waals surface area (Å²) in [5, 5.41) is 2.72. The van der Waals surface area contributed by atoms with Crippen LogP contribution in [0.4, 0.5) is 4.79 Å². The third-order valence-electron chi connectivity index (χ3n) is 6.90. The normalized spacial score (nSPS) is 16.3. The number of hydrogen-bond donors (Lipinski definition) is 0. The van der Waals surface area contributed by atoms with Gasteiger partial charge < -0.3 is 33.6 Å². The van der Waals surface area contributed by atoms with Crippen LogP contribution in [0.2, 0.25) is 0 Å². The standard InChI is InChI=1S/C26H34N4O7S/c1-5-37-26(33)30-14-12-29(13-15-30)25(32)19-16-38-23(27-19)17-8-10-28(11-9-17)24(31)18-6-7-20(34-2)22(36-4)21(18)35-3/h6-7,16-17H,5,8-15H2,1-4H3. The van der Waals surface area contributed by atoms with Crippen LogP contribution in [-0.2, 0) is 4.74 Å². The number of ether oxygens (including phenoxy) is 4. The van der Waals surface area contributed by atoms with Crippen LogP contribution in [0.5, 0.6) is 17.2 Å². The van der Waals surface area contributed by atoms with Crippen LogP contribution in [-0.4, -0.2) is 105 Å². The van der Waals surface area contributed by atoms with E-state index in [2.05, 4.69) is 4.98 Å². The largest absolute Gasteiger partial charge is 0.493 e. The summed E-state index contributed by atoms with van der Waals surface area (Å²) < 4.78 is 21.3. The summed E-state index contributed by atoms with van der Waals surface area (Å²) in [6.45, 7) is 5.03. The van der Waals surface area contributed by atoms with Crippen molar-refractivity contribution in [2.75, 3.05) is 67.2 Å². The first kappa shape index (κ1) is 27.5. The number of hydrogen-bond acceptors (Lipinski definition) is 9. The van der Waals surface area contributed by atoms with Crippen LogP contribution in [0.25, 0.3) is 0 Å². The topological polar surface area (TPSA) is 111 Å². The van der Waals surface area contributed by atoms with E-state index in [-0.39, 0.29) is 23.8 Å². The monoisotopic (exact) mass is 546 g/mol. The molecule has 0 aliphatic carbocycles. The van der Waals surface area contributed by atoms with E-state index in [0.717, 1.165) is 17.8 Å². The van der Waals surface area contributed by atoms with Crippen molar-refractivity contribution < 1.29 is 33.3 Å². The number of methoxy groups -OCH3 is 3. The van der Waals surface area contributed by atoms with Gasteiger partial charge >= 0.3 is 6.09 Å². The fraction of sp³-hybridized carbons (Fsp3) is 0.538. The lowest BCUT2D eigenvalue weighted by atomic mass is 9.96. The summed E-state index contributed by atoms with van der Waals surface area (Å²) in [5.41, 5.74) is 0.858. The summed E-state index contributed by atoms with van der Waals surface area (Å²) >= 11 is 1.48. The smallest absolute Gasteiger partial charge is 0.409 e. The molecule has 206 valence electrons. The fourth-order valence-corrected chi connectivity index (χ4v) is 5.78. The van der Waals surface area contributed by atoms with Gasteiger partial charge in [-0.2, -0.15) is 0 Å². The highest BCUT2D eigenvalue weighted by Gasteiger charge is 2.31. The Morgan fingerprint density at radius 1 is 0.868 bits per heavy atom. The Morgan fingerprint density at radius 3 is 2.11 bits per heavy atom. The highest BCUT2D eigenvalue weighted by atomic mass is 32.1. The molecule has 12 heteroatoms. The maximum Gasteiger partial charge on any atom is 0.409 e. The molecule has 0 radical (unpaired) electrons. The summed E-state index contributed by atoms with van der Waals surface area (Å²) in [6.07, 6.45) is 1.16. The van der Waals surface area contributed by atoms with Gasteiger partial charge in [0, 0.05) is 50.6 Å². The molecule has 2 fully saturated rings. The molecular formula is C26H34N4O7S. The van der Waals surface area contributed by atoms with Gasteiger partial charge in [-0.15, -0.1) is 11.3 Å². The number of rotatable bonds is 7. The van der Waals surface area contributed by atoms with E-state index in [9.17, 15) is 14.4 Å². The minimum Gasteiger partial charge on any atom is -0.493 e. The molecule has 0 atom stereocenters. The van der Waals surface area contributed by atoms with Crippen LogP contribution in [0.3, 0.4) is 0 Å². The van der Waals surface area contributed by atoms with Crippen LogP contribution < -0.4 is 14.2 Å². The summed E-state index contributed by atoms with van der Waals surface area (Å²) in [4.78, 5) is 48.0. The molecule has 38 heavy (non-hydrogen) atoms. The Balaban J connectivity index is 1.34. The number of nitrogens with zero attached hydrogens (tertiary/aromatic N) is 4. The van der Waals surface area contributed by atoms with E-state index < -0.39 is 0 Å². The van der Waals surface area contributed by atoms with Crippen molar-refractivity contribution in [2.24, 2.45) is 0 Å². The van der Waals surface area contributed by atoms with E-state index >= 15 is 0 Å². The third-order valence-corrected chi connectivity index (χ3v) is 7.91. The van der Waals surface area contributed by atoms with Gasteiger partial charge in [0.1, 0.15) is 5.69 Å². The fourth-order valence-electron chi connectivity index (χ4n) is 4.81. The molecule has 2 aliphatic rings. The summed E-state index contributed by atoms with van der Waals surface area (Å²) in [5.74, 6) is 1.17. The lowest BCUT2D eigenvalue weighted by Gasteiger charge is -2.33. The van der Waals surface area contributed by atoms with Crippen molar-refractivity contribution in [3.05, 3.63) is 33.8 Å². The molecule has 2 aliphatic heterocycles. The van der Waals surface area contributed by atoms with Gasteiger partial charge in [-0.3, -0.25) is 9.59 Å². The molecule has 3 heterocycles. The second-order valence-electron chi connectivity index (χ2n) is 9.00. The van der Waals surface area contributed by atoms with Gasteiger partial charge in [0.05, 0.1) is 38.5 Å². The first-order valence-electron chi connectivity index (χ1n) is 12.7. The Kier molecular flexibility index (Phi) is 8.93. The van der Waals surface area contributed by atoms with Gasteiger partial charge in [0.25, 0.3) is 11.8 Å². The van der Waals surface area contributed by atoms with E-state index in [4.69, 9.17) is 18.9 Å². The number of piperidine rings is 1. The first-order valence-corrected chi connectivity index (χ1v) is 13.5. The molecule has 3 amide bonds. The van der Waals surface area contributed by atoms with E-state index in [1.54, 1.807) is 34.2 Å². The van der Waals surface area contributed by atoms with Crippen molar-refractivity contribution in [3.8, 4) is 17.2 Å². The molecule has 0 unspecified atom stereocenters. The minimum atomic E-state index is -0.343. The molecule has 0 bridgehead atoms. The zero-order chi connectivity index (χ0) is 27.2. The number of piperazine rings is 1. The van der Waals surface area contributed by atoms with Gasteiger partial charge in [-0.1, -0.05) is 0 Å². The van der Waals surface area contributed by atoms with Crippen LogP contribution >= 0.6 is 11.3 Å². The number of thiazole rings is 1. The average Bonchev–Trinajstić information content (AvgIpc) is 3.46. The molecule has 0 saturated carbocycles. The SMILES string of the molecule is CCOC(=O)N1CCN(C(=O)c2csc(C3CCN(C(=O)c4ccc(OC)c(OC)c4OC)CC3)n2)CC1. The van der Waals surface area contributed by atoms with Crippen molar-refractivity contribution >= 4 is 29.2 Å². The summed E-state index contributed by atoms with van der Waals surface area (Å²) in [7, 11) is 4.55. The van der Waals surface area contributed by atoms with Crippen molar-refractivity contribution in [1.29, 1.82) is 0 Å². The zero-order valence-electron chi connectivity index (χ0n) is 22.2. The second kappa shape index (κ2) is 12.3. The quantitative estimate of drug-likeness (QED) is 0.521. The van der Waals surface area contributed by atoms with Crippen LogP contribution in [0.1, 0.15) is 51.5 Å². The van der Waals surface area contributed by atoms with Gasteiger partial charge in [0.15, 0.2) is 11.5 Å². The molecule has 2 saturated heterocycles. The molecule has 1 aromatic carbocycles. The molecule has 4 rings (SSSR count). The van der Waals surface area contributed by atoms with Crippen LogP contribution in [0, 0.1) is 0 Å². The predicted molar refractivity (Wildman–Crippen MR) is 141 cm³/mol. The van der Waals surface area contributed by atoms with Crippen LogP contribution in [0.15, 0.2) is 17.5 Å². The number of carbonyl (C=O) groups excluding carboxylic acids is 3. The Labute approximate surface area is 226 Å². The van der Waals surface area contributed by atoms with Crippen molar-refractivity contribution in [1.82, 2.24) is 19.7 Å². The molecule has 11 nitrogen and oxygen atoms in total. The average molecular weight is 547 g/mol. The lowest BCUT2D eigenvalue weighted by Crippen LogP contribution is -2.50. The molecule has 1 aromatic heterocycles. The lowest BCUT2D eigenvalue weighted by molar-refractivity contribution is 0.0566. The highest BCUT2D eigenvalue weighted by Crippen LogP contribution is 2.41. The number of likely N-dealkylation sites (tertiary alicyclic amines) is 1. The summed E-state index contributed by atoms with van der Waals surface area (Å²) in [6, 6.07) is 3.39. The van der Waals surface area contributed by atoms with Gasteiger partial charge in [-0.25, -0.2) is 9.78 Å². The van der Waals surface area contributed by atoms with Crippen molar-refractivity contribution in [2.45, 2.75) is 25.7 Å². The molecular weight excluding hydrogens is 512 g/mol. The maximum absolute atomic E-state index is 13.3. The van der Waals surface area contributed by atoms with E-state index in [1.165, 1.54) is 32.7 Å². The number of benzene rings is 1. The predicted octanol–water partition coefficient (Wildman–Crippen LogP) is 3.10. The van der Waals surface area contributed by atoms with E-state index in [1.807, 2.05) is 4.90 Å². The third kappa shape index (κ3) is 5.64. The molecule has 0 N–H and O–H groups in total. The van der Waals surface area contributed by atoms with Gasteiger partial charge in [-0.05, 0) is 31.9 Å². The molecule has 2 aromatic rings. The van der Waals surface area contributed by atoms with Crippen molar-refractivity contribution in [3.63, 3.8) is 0 Å². The molecule has 0 spiro atoms. The minimum absolute atomic E-state index is 0.121. The Morgan fingerprint density at radius 2 is 1.50 bits per heavy atom. The number of carbonyl (C=O) groups is 3. The van der Waals surface area contributed by atoms with E-state index in [0.29, 0.717) is 74.4 Å². The zero-order valence-corrected chi connectivity index (χ0v) is 23.0. The first-order chi connectivity index (χ1) is 18.4.